The number of alkyl halides is 2. The van der Waals surface area contributed by atoms with Crippen molar-refractivity contribution in [2.24, 2.45) is 0 Å². The first-order chi connectivity index (χ1) is 21.2. The lowest BCUT2D eigenvalue weighted by Gasteiger charge is -2.37. The number of carbonyl (C=O) groups is 2. The highest BCUT2D eigenvalue weighted by Crippen LogP contribution is 2.30. The summed E-state index contributed by atoms with van der Waals surface area (Å²) in [5.74, 6) is 0.0958. The normalized spacial score (nSPS) is 21.1. The van der Waals surface area contributed by atoms with Crippen LogP contribution in [-0.4, -0.2) is 124 Å². The van der Waals surface area contributed by atoms with Crippen LogP contribution in [0.5, 0.6) is 0 Å². The monoisotopic (exact) mass is 616 g/mol. The van der Waals surface area contributed by atoms with Crippen LogP contribution in [0.1, 0.15) is 38.3 Å². The van der Waals surface area contributed by atoms with E-state index in [1.165, 1.54) is 12.3 Å². The van der Waals surface area contributed by atoms with Gasteiger partial charge in [0, 0.05) is 45.5 Å². The van der Waals surface area contributed by atoms with Gasteiger partial charge in [0.2, 0.25) is 29.7 Å². The number of likely N-dealkylation sites (tertiary alicyclic amines) is 1. The van der Waals surface area contributed by atoms with E-state index in [1.807, 2.05) is 16.7 Å². The molecule has 2 aromatic rings. The first-order valence-electron chi connectivity index (χ1n) is 14.8. The summed E-state index contributed by atoms with van der Waals surface area (Å²) < 4.78 is 39.2. The van der Waals surface area contributed by atoms with Crippen LogP contribution in [0.3, 0.4) is 0 Å². The number of nitrogen functional groups attached to an aromatic ring is 1. The van der Waals surface area contributed by atoms with E-state index in [1.54, 1.807) is 9.80 Å². The molecule has 2 amide bonds. The number of nitrogens with zero attached hydrogens (tertiary/aromatic N) is 9. The number of hydrogen-bond donors (Lipinski definition) is 1. The lowest BCUT2D eigenvalue weighted by atomic mass is 10.0. The van der Waals surface area contributed by atoms with E-state index in [4.69, 9.17) is 20.2 Å². The Morgan fingerprint density at radius 3 is 2.61 bits per heavy atom. The van der Waals surface area contributed by atoms with E-state index < -0.39 is 12.1 Å². The topological polar surface area (TPSA) is 156 Å². The van der Waals surface area contributed by atoms with E-state index in [9.17, 15) is 18.4 Å². The molecule has 5 rings (SSSR count). The molecule has 3 fully saturated rings. The van der Waals surface area contributed by atoms with Crippen LogP contribution in [0, 0.1) is 0 Å². The zero-order valence-electron chi connectivity index (χ0n) is 24.8. The largest absolute Gasteiger partial charge is 0.377 e. The third-order valence-corrected chi connectivity index (χ3v) is 8.06. The van der Waals surface area contributed by atoms with Gasteiger partial charge in [0.1, 0.15) is 12.3 Å². The molecule has 44 heavy (non-hydrogen) atoms. The third-order valence-electron chi connectivity index (χ3n) is 8.06. The highest BCUT2D eigenvalue weighted by atomic mass is 19.3. The molecule has 238 valence electrons. The van der Waals surface area contributed by atoms with Crippen LogP contribution >= 0.6 is 0 Å². The van der Waals surface area contributed by atoms with Gasteiger partial charge < -0.3 is 34.8 Å². The molecule has 2 atom stereocenters. The highest BCUT2D eigenvalue weighted by molar-refractivity contribution is 5.87. The number of piperidine rings is 1. The summed E-state index contributed by atoms with van der Waals surface area (Å²) in [6.07, 6.45) is 2.37. The van der Waals surface area contributed by atoms with E-state index in [-0.39, 0.29) is 54.4 Å². The molecule has 0 spiro atoms. The smallest absolute Gasteiger partial charge is 0.281 e. The van der Waals surface area contributed by atoms with E-state index in [0.717, 1.165) is 19.3 Å². The number of piperazine rings is 1. The molecule has 0 saturated carbocycles. The molecule has 16 heteroatoms. The lowest BCUT2D eigenvalue weighted by Crippen LogP contribution is -2.51. The Hall–Kier alpha value is -4.05. The molecule has 2 aromatic heterocycles. The summed E-state index contributed by atoms with van der Waals surface area (Å²) in [6, 6.07) is -0.119. The van der Waals surface area contributed by atoms with Crippen LogP contribution in [-0.2, 0) is 19.1 Å². The van der Waals surface area contributed by atoms with Crippen LogP contribution in [0.25, 0.3) is 11.4 Å². The minimum absolute atomic E-state index is 0.0117. The molecule has 5 heterocycles. The second-order valence-corrected chi connectivity index (χ2v) is 11.0. The molecule has 0 aromatic carbocycles. The molecule has 3 aliphatic heterocycles. The molecule has 2 N–H and O–H groups in total. The van der Waals surface area contributed by atoms with E-state index in [2.05, 4.69) is 26.5 Å². The highest BCUT2D eigenvalue weighted by Gasteiger charge is 2.30. The Balaban J connectivity index is 1.27. The van der Waals surface area contributed by atoms with Crippen molar-refractivity contribution in [1.29, 1.82) is 0 Å². The standard InChI is InChI=1S/C28H38F2N10O4/c1-3-21(41)40-7-5-4-6-19(40)16-44-17-22(42)37-8-10-38(11-9-37)27-34-25(20-14-32-26(31)33-23(20)24(29)30)35-28(36-27)39-12-13-43-15-18(39)2/h3,14,18-19,24H,1,4-13,15-17H2,2H3,(H2,31,32,33)/t18-,19+/m0/s1. The molecule has 0 unspecified atom stereocenters. The van der Waals surface area contributed by atoms with Gasteiger partial charge in [0.15, 0.2) is 5.82 Å². The Morgan fingerprint density at radius 2 is 1.89 bits per heavy atom. The van der Waals surface area contributed by atoms with Gasteiger partial charge in [0.05, 0.1) is 37.5 Å². The van der Waals surface area contributed by atoms with Crippen molar-refractivity contribution in [2.45, 2.75) is 44.7 Å². The number of amides is 2. The molecule has 3 aliphatic rings. The second-order valence-electron chi connectivity index (χ2n) is 11.0. The van der Waals surface area contributed by atoms with Gasteiger partial charge in [-0.3, -0.25) is 9.59 Å². The summed E-state index contributed by atoms with van der Waals surface area (Å²) in [5.41, 5.74) is 5.00. The Labute approximate surface area is 254 Å². The van der Waals surface area contributed by atoms with Gasteiger partial charge in [0.25, 0.3) is 6.43 Å². The van der Waals surface area contributed by atoms with Crippen molar-refractivity contribution >= 4 is 29.7 Å². The van der Waals surface area contributed by atoms with Crippen LogP contribution in [0.4, 0.5) is 26.6 Å². The zero-order valence-corrected chi connectivity index (χ0v) is 24.8. The number of nitrogens with two attached hydrogens (primary N) is 1. The van der Waals surface area contributed by atoms with Gasteiger partial charge in [-0.2, -0.15) is 15.0 Å². The number of ether oxygens (including phenoxy) is 2. The number of rotatable bonds is 9. The van der Waals surface area contributed by atoms with Gasteiger partial charge in [-0.1, -0.05) is 6.58 Å². The minimum Gasteiger partial charge on any atom is -0.377 e. The number of anilines is 3. The first kappa shape index (κ1) is 31.4. The lowest BCUT2D eigenvalue weighted by molar-refractivity contribution is -0.138. The van der Waals surface area contributed by atoms with E-state index in [0.29, 0.717) is 64.4 Å². The van der Waals surface area contributed by atoms with Gasteiger partial charge in [-0.15, -0.1) is 0 Å². The maximum atomic E-state index is 13.9. The molecular weight excluding hydrogens is 578 g/mol. The Morgan fingerprint density at radius 1 is 1.11 bits per heavy atom. The number of carbonyl (C=O) groups excluding carboxylic acids is 2. The van der Waals surface area contributed by atoms with Crippen molar-refractivity contribution in [3.63, 3.8) is 0 Å². The summed E-state index contributed by atoms with van der Waals surface area (Å²) in [5, 5.41) is 0. The molecule has 0 bridgehead atoms. The second kappa shape index (κ2) is 14.2. The molecule has 14 nitrogen and oxygen atoms in total. The van der Waals surface area contributed by atoms with Gasteiger partial charge in [-0.05, 0) is 32.3 Å². The number of hydrogen-bond acceptors (Lipinski definition) is 12. The third kappa shape index (κ3) is 7.18. The Bertz CT molecular complexity index is 1340. The first-order valence-corrected chi connectivity index (χ1v) is 14.8. The zero-order chi connectivity index (χ0) is 31.2. The Kier molecular flexibility index (Phi) is 10.1. The molecule has 3 saturated heterocycles. The number of halogens is 2. The average Bonchev–Trinajstić information content (AvgIpc) is 3.04. The summed E-state index contributed by atoms with van der Waals surface area (Å²) in [7, 11) is 0. The van der Waals surface area contributed by atoms with Crippen LogP contribution in [0.15, 0.2) is 18.9 Å². The van der Waals surface area contributed by atoms with Crippen LogP contribution < -0.4 is 15.5 Å². The maximum absolute atomic E-state index is 13.9. The quantitative estimate of drug-likeness (QED) is 0.404. The molecule has 0 radical (unpaired) electrons. The van der Waals surface area contributed by atoms with Gasteiger partial charge >= 0.3 is 0 Å². The van der Waals surface area contributed by atoms with Crippen molar-refractivity contribution in [2.75, 3.05) is 81.2 Å². The number of aromatic nitrogens is 5. The fraction of sp³-hybridized carbons (Fsp3) is 0.607. The van der Waals surface area contributed by atoms with Crippen LogP contribution in [0.2, 0.25) is 0 Å². The predicted octanol–water partition coefficient (Wildman–Crippen LogP) is 1.31. The van der Waals surface area contributed by atoms with Crippen molar-refractivity contribution in [3.8, 4) is 11.4 Å². The molecule has 0 aliphatic carbocycles. The fourth-order valence-electron chi connectivity index (χ4n) is 5.63. The fourth-order valence-corrected chi connectivity index (χ4v) is 5.63. The maximum Gasteiger partial charge on any atom is 0.281 e. The number of morpholine rings is 1. The average molecular weight is 617 g/mol. The summed E-state index contributed by atoms with van der Waals surface area (Å²) >= 11 is 0. The predicted molar refractivity (Wildman–Crippen MR) is 157 cm³/mol. The SMILES string of the molecule is C=CC(=O)N1CCCC[C@@H]1COCC(=O)N1CCN(c2nc(-c3cnc(N)nc3C(F)F)nc(N3CCOC[C@@H]3C)n2)CC1. The van der Waals surface area contributed by atoms with Crippen molar-refractivity contribution in [1.82, 2.24) is 34.7 Å². The van der Waals surface area contributed by atoms with Crippen molar-refractivity contribution in [3.05, 3.63) is 24.5 Å². The summed E-state index contributed by atoms with van der Waals surface area (Å²) in [4.78, 5) is 53.9. The van der Waals surface area contributed by atoms with Crippen molar-refractivity contribution < 1.29 is 27.8 Å². The van der Waals surface area contributed by atoms with Gasteiger partial charge in [-0.25, -0.2) is 18.7 Å². The van der Waals surface area contributed by atoms with E-state index >= 15 is 0 Å². The molecular formula is C28H38F2N10O4. The minimum atomic E-state index is -2.92. The summed E-state index contributed by atoms with van der Waals surface area (Å²) in [6.45, 7) is 9.48.